The quantitative estimate of drug-likeness (QED) is 0.434. The lowest BCUT2D eigenvalue weighted by atomic mass is 9.51. The van der Waals surface area contributed by atoms with Crippen molar-refractivity contribution in [1.82, 2.24) is 4.90 Å². The van der Waals surface area contributed by atoms with Gasteiger partial charge in [-0.05, 0) is 116 Å². The molecule has 0 spiro atoms. The van der Waals surface area contributed by atoms with E-state index in [1.54, 1.807) is 11.1 Å². The minimum absolute atomic E-state index is 0.529. The summed E-state index contributed by atoms with van der Waals surface area (Å²) in [5, 5.41) is 0. The van der Waals surface area contributed by atoms with Crippen LogP contribution in [0.15, 0.2) is 48.5 Å². The number of aryl methyl sites for hydroxylation is 1. The molecule has 4 aliphatic rings. The number of hydrogen-bond acceptors (Lipinski definition) is 2. The van der Waals surface area contributed by atoms with E-state index in [2.05, 4.69) is 60.4 Å². The molecule has 0 bridgehead atoms. The molecular weight excluding hydrogens is 426 g/mol. The third-order valence-electron chi connectivity index (χ3n) is 9.85. The SMILES string of the molecule is CC.CC12CCCC1C1CCc3ccccc3C1C(c1ccc(OCCN3CCCCC3)cc1)C2. The van der Waals surface area contributed by atoms with Crippen molar-refractivity contribution in [2.75, 3.05) is 26.2 Å². The molecule has 1 aliphatic heterocycles. The van der Waals surface area contributed by atoms with Gasteiger partial charge in [-0.25, -0.2) is 0 Å². The summed E-state index contributed by atoms with van der Waals surface area (Å²) in [7, 11) is 0. The van der Waals surface area contributed by atoms with Crippen LogP contribution in [0.4, 0.5) is 0 Å². The highest BCUT2D eigenvalue weighted by atomic mass is 16.5. The molecule has 1 saturated heterocycles. The third kappa shape index (κ3) is 5.06. The fourth-order valence-corrected chi connectivity index (χ4v) is 8.27. The summed E-state index contributed by atoms with van der Waals surface area (Å²) in [6, 6.07) is 18.7. The van der Waals surface area contributed by atoms with Gasteiger partial charge in [0, 0.05) is 6.54 Å². The monoisotopic (exact) mass is 473 g/mol. The number of hydrogen-bond donors (Lipinski definition) is 0. The molecule has 0 aromatic heterocycles. The Morgan fingerprint density at radius 2 is 1.69 bits per heavy atom. The summed E-state index contributed by atoms with van der Waals surface area (Å²) in [4.78, 5) is 2.55. The first-order chi connectivity index (χ1) is 17.2. The van der Waals surface area contributed by atoms with Crippen molar-refractivity contribution in [3.05, 3.63) is 65.2 Å². The molecule has 2 heteroatoms. The highest BCUT2D eigenvalue weighted by molar-refractivity contribution is 5.40. The molecule has 6 rings (SSSR count). The highest BCUT2D eigenvalue weighted by Crippen LogP contribution is 2.64. The van der Waals surface area contributed by atoms with Crippen molar-refractivity contribution in [3.8, 4) is 5.75 Å². The molecular formula is C33H47NO. The maximum absolute atomic E-state index is 6.16. The van der Waals surface area contributed by atoms with Crippen molar-refractivity contribution >= 4 is 0 Å². The van der Waals surface area contributed by atoms with Crippen LogP contribution in [0.3, 0.4) is 0 Å². The fourth-order valence-electron chi connectivity index (χ4n) is 8.27. The van der Waals surface area contributed by atoms with Crippen LogP contribution < -0.4 is 4.74 Å². The van der Waals surface area contributed by atoms with E-state index in [1.165, 1.54) is 76.4 Å². The molecule has 0 radical (unpaired) electrons. The minimum atomic E-state index is 0.529. The van der Waals surface area contributed by atoms with E-state index in [-0.39, 0.29) is 0 Å². The molecule has 5 atom stereocenters. The molecule has 2 nitrogen and oxygen atoms in total. The molecule has 2 saturated carbocycles. The molecule has 5 unspecified atom stereocenters. The standard InChI is InChI=1S/C31H41NO.C2H6/c1-31-17-7-10-29(31)27-16-13-23-8-3-4-9-26(23)30(27)28(22-31)24-11-14-25(15-12-24)33-21-20-32-18-5-2-6-19-32;1-2/h3-4,8-9,11-12,14-15,27-30H,2,5-7,10,13,16-22H2,1H3;1-2H3. The van der Waals surface area contributed by atoms with Crippen LogP contribution in [0.2, 0.25) is 0 Å². The summed E-state index contributed by atoms with van der Waals surface area (Å²) >= 11 is 0. The molecule has 0 amide bonds. The Bertz CT molecular complexity index is 946. The van der Waals surface area contributed by atoms with Gasteiger partial charge in [0.15, 0.2) is 0 Å². The summed E-state index contributed by atoms with van der Waals surface area (Å²) in [6.45, 7) is 11.0. The van der Waals surface area contributed by atoms with E-state index in [0.717, 1.165) is 30.7 Å². The van der Waals surface area contributed by atoms with E-state index in [9.17, 15) is 0 Å². The normalized spacial score (nSPS) is 32.0. The number of ether oxygens (including phenoxy) is 1. The first kappa shape index (κ1) is 24.9. The number of piperidine rings is 1. The predicted octanol–water partition coefficient (Wildman–Crippen LogP) is 8.22. The lowest BCUT2D eigenvalue weighted by Gasteiger charge is -2.53. The second-order valence-corrected chi connectivity index (χ2v) is 11.7. The van der Waals surface area contributed by atoms with Crippen LogP contribution in [-0.2, 0) is 6.42 Å². The third-order valence-corrected chi connectivity index (χ3v) is 9.85. The van der Waals surface area contributed by atoms with E-state index >= 15 is 0 Å². The van der Waals surface area contributed by atoms with Crippen molar-refractivity contribution in [1.29, 1.82) is 0 Å². The van der Waals surface area contributed by atoms with Gasteiger partial charge < -0.3 is 4.74 Å². The Balaban J connectivity index is 0.00000124. The van der Waals surface area contributed by atoms with Crippen molar-refractivity contribution in [2.24, 2.45) is 17.3 Å². The van der Waals surface area contributed by atoms with Gasteiger partial charge in [0.25, 0.3) is 0 Å². The minimum Gasteiger partial charge on any atom is -0.492 e. The molecule has 0 N–H and O–H groups in total. The lowest BCUT2D eigenvalue weighted by molar-refractivity contribution is 0.0432. The maximum atomic E-state index is 6.16. The van der Waals surface area contributed by atoms with Gasteiger partial charge in [-0.15, -0.1) is 0 Å². The average Bonchev–Trinajstić information content (AvgIpc) is 3.32. The Kier molecular flexibility index (Phi) is 7.87. The van der Waals surface area contributed by atoms with E-state index in [4.69, 9.17) is 4.74 Å². The van der Waals surface area contributed by atoms with Crippen LogP contribution in [0.25, 0.3) is 0 Å². The summed E-state index contributed by atoms with van der Waals surface area (Å²) in [6.07, 6.45) is 12.4. The number of fused-ring (bicyclic) bond motifs is 5. The zero-order valence-corrected chi connectivity index (χ0v) is 22.5. The van der Waals surface area contributed by atoms with Gasteiger partial charge in [-0.3, -0.25) is 4.90 Å². The maximum Gasteiger partial charge on any atom is 0.119 e. The predicted molar refractivity (Wildman–Crippen MR) is 147 cm³/mol. The largest absolute Gasteiger partial charge is 0.492 e. The van der Waals surface area contributed by atoms with Crippen LogP contribution >= 0.6 is 0 Å². The Labute approximate surface area is 214 Å². The fraction of sp³-hybridized carbons (Fsp3) is 0.636. The van der Waals surface area contributed by atoms with Crippen LogP contribution in [0, 0.1) is 17.3 Å². The molecule has 3 fully saturated rings. The van der Waals surface area contributed by atoms with Gasteiger partial charge in [0.05, 0.1) is 0 Å². The molecule has 190 valence electrons. The summed E-state index contributed by atoms with van der Waals surface area (Å²) in [5.74, 6) is 4.14. The first-order valence-corrected chi connectivity index (χ1v) is 14.7. The number of likely N-dealkylation sites (tertiary alicyclic amines) is 1. The number of rotatable bonds is 5. The topological polar surface area (TPSA) is 12.5 Å². The second kappa shape index (κ2) is 11.1. The van der Waals surface area contributed by atoms with Crippen LogP contribution in [0.1, 0.15) is 101 Å². The van der Waals surface area contributed by atoms with Crippen molar-refractivity contribution in [3.63, 3.8) is 0 Å². The summed E-state index contributed by atoms with van der Waals surface area (Å²) < 4.78 is 6.16. The summed E-state index contributed by atoms with van der Waals surface area (Å²) in [5.41, 5.74) is 5.34. The van der Waals surface area contributed by atoms with E-state index in [1.807, 2.05) is 13.8 Å². The number of benzene rings is 2. The smallest absolute Gasteiger partial charge is 0.119 e. The van der Waals surface area contributed by atoms with Gasteiger partial charge in [-0.2, -0.15) is 0 Å². The zero-order valence-electron chi connectivity index (χ0n) is 22.5. The highest BCUT2D eigenvalue weighted by Gasteiger charge is 2.54. The van der Waals surface area contributed by atoms with E-state index < -0.39 is 0 Å². The van der Waals surface area contributed by atoms with E-state index in [0.29, 0.717) is 17.3 Å². The molecule has 1 heterocycles. The zero-order chi connectivity index (χ0) is 24.3. The number of nitrogens with zero attached hydrogens (tertiary/aromatic N) is 1. The van der Waals surface area contributed by atoms with Gasteiger partial charge in [-0.1, -0.05) is 70.0 Å². The Morgan fingerprint density at radius 1 is 0.914 bits per heavy atom. The average molecular weight is 474 g/mol. The second-order valence-electron chi connectivity index (χ2n) is 11.7. The van der Waals surface area contributed by atoms with Crippen LogP contribution in [-0.4, -0.2) is 31.1 Å². The lowest BCUT2D eigenvalue weighted by Crippen LogP contribution is -2.43. The Hall–Kier alpha value is -1.80. The van der Waals surface area contributed by atoms with Gasteiger partial charge >= 0.3 is 0 Å². The molecule has 3 aliphatic carbocycles. The van der Waals surface area contributed by atoms with Crippen molar-refractivity contribution < 1.29 is 4.74 Å². The first-order valence-electron chi connectivity index (χ1n) is 14.7. The Morgan fingerprint density at radius 3 is 2.49 bits per heavy atom. The molecule has 2 aromatic carbocycles. The van der Waals surface area contributed by atoms with Crippen LogP contribution in [0.5, 0.6) is 5.75 Å². The van der Waals surface area contributed by atoms with Gasteiger partial charge in [0.2, 0.25) is 0 Å². The molecule has 2 aromatic rings. The van der Waals surface area contributed by atoms with Gasteiger partial charge in [0.1, 0.15) is 12.4 Å². The molecule has 35 heavy (non-hydrogen) atoms. The van der Waals surface area contributed by atoms with Crippen molar-refractivity contribution in [2.45, 2.75) is 90.4 Å².